The zero-order valence-corrected chi connectivity index (χ0v) is 11.5. The summed E-state index contributed by atoms with van der Waals surface area (Å²) in [5.41, 5.74) is 8.37. The maximum absolute atomic E-state index is 12.2. The maximum atomic E-state index is 12.2. The first-order chi connectivity index (χ1) is 10.9. The molecule has 0 aliphatic heterocycles. The van der Waals surface area contributed by atoms with Gasteiger partial charge in [-0.1, -0.05) is 18.2 Å². The van der Waals surface area contributed by atoms with Crippen LogP contribution in [0.2, 0.25) is 0 Å². The third-order valence-corrected chi connectivity index (χ3v) is 3.06. The standard InChI is InChI=1S/C14H10F3N5O/c15-14(16,17)23-10-4-1-8(2-5-10)9-3-6-12(18)11(7-9)13-19-21-22-20-13/h1-7H,18H2,(H,19,20,21,22). The lowest BCUT2D eigenvalue weighted by molar-refractivity contribution is -0.274. The zero-order chi connectivity index (χ0) is 16.4. The first-order valence-corrected chi connectivity index (χ1v) is 6.42. The number of tetrazole rings is 1. The molecule has 1 aromatic heterocycles. The van der Waals surface area contributed by atoms with E-state index >= 15 is 0 Å². The molecule has 0 saturated heterocycles. The van der Waals surface area contributed by atoms with Crippen LogP contribution in [0, 0.1) is 0 Å². The van der Waals surface area contributed by atoms with Crippen LogP contribution in [0.3, 0.4) is 0 Å². The van der Waals surface area contributed by atoms with E-state index in [1.807, 2.05) is 0 Å². The van der Waals surface area contributed by atoms with E-state index in [9.17, 15) is 13.2 Å². The van der Waals surface area contributed by atoms with Gasteiger partial charge >= 0.3 is 6.36 Å². The predicted octanol–water partition coefficient (Wildman–Crippen LogP) is 3.01. The smallest absolute Gasteiger partial charge is 0.406 e. The van der Waals surface area contributed by atoms with Crippen molar-refractivity contribution in [2.45, 2.75) is 6.36 Å². The van der Waals surface area contributed by atoms with Crippen LogP contribution >= 0.6 is 0 Å². The first-order valence-electron chi connectivity index (χ1n) is 6.42. The maximum Gasteiger partial charge on any atom is 0.573 e. The minimum absolute atomic E-state index is 0.282. The van der Waals surface area contributed by atoms with E-state index in [4.69, 9.17) is 5.73 Å². The summed E-state index contributed by atoms with van der Waals surface area (Å²) in [5, 5.41) is 13.5. The zero-order valence-electron chi connectivity index (χ0n) is 11.5. The number of benzene rings is 2. The largest absolute Gasteiger partial charge is 0.573 e. The molecule has 0 aliphatic carbocycles. The van der Waals surface area contributed by atoms with E-state index in [1.54, 1.807) is 18.2 Å². The number of nitrogens with zero attached hydrogens (tertiary/aromatic N) is 3. The van der Waals surface area contributed by atoms with Crippen LogP contribution in [-0.4, -0.2) is 27.0 Å². The SMILES string of the molecule is Nc1ccc(-c2ccc(OC(F)(F)F)cc2)cc1-c1nn[nH]n1. The molecular weight excluding hydrogens is 311 g/mol. The van der Waals surface area contributed by atoms with E-state index in [0.29, 0.717) is 22.6 Å². The summed E-state index contributed by atoms with van der Waals surface area (Å²) < 4.78 is 40.3. The Morgan fingerprint density at radius 2 is 1.70 bits per heavy atom. The van der Waals surface area contributed by atoms with Crippen molar-refractivity contribution in [3.8, 4) is 28.3 Å². The second-order valence-corrected chi connectivity index (χ2v) is 4.61. The Morgan fingerprint density at radius 1 is 1.00 bits per heavy atom. The summed E-state index contributed by atoms with van der Waals surface area (Å²) in [6.07, 6.45) is -4.71. The van der Waals surface area contributed by atoms with Gasteiger partial charge in [-0.3, -0.25) is 0 Å². The molecule has 0 unspecified atom stereocenters. The van der Waals surface area contributed by atoms with Gasteiger partial charge in [0, 0.05) is 11.3 Å². The number of ether oxygens (including phenoxy) is 1. The molecule has 3 N–H and O–H groups in total. The normalized spacial score (nSPS) is 11.4. The lowest BCUT2D eigenvalue weighted by Gasteiger charge is -2.10. The van der Waals surface area contributed by atoms with Crippen LogP contribution in [0.1, 0.15) is 0 Å². The molecule has 1 heterocycles. The van der Waals surface area contributed by atoms with Gasteiger partial charge in [0.1, 0.15) is 5.75 Å². The van der Waals surface area contributed by atoms with Crippen LogP contribution < -0.4 is 10.5 Å². The number of nitrogen functional groups attached to an aromatic ring is 1. The van der Waals surface area contributed by atoms with Crippen LogP contribution in [0.25, 0.3) is 22.5 Å². The quantitative estimate of drug-likeness (QED) is 0.724. The molecule has 9 heteroatoms. The number of hydrogen-bond acceptors (Lipinski definition) is 5. The van der Waals surface area contributed by atoms with Gasteiger partial charge in [0.15, 0.2) is 0 Å². The molecule has 23 heavy (non-hydrogen) atoms. The van der Waals surface area contributed by atoms with Crippen molar-refractivity contribution < 1.29 is 17.9 Å². The summed E-state index contributed by atoms with van der Waals surface area (Å²) >= 11 is 0. The lowest BCUT2D eigenvalue weighted by Crippen LogP contribution is -2.16. The van der Waals surface area contributed by atoms with Crippen molar-refractivity contribution in [3.05, 3.63) is 42.5 Å². The number of nitrogens with one attached hydrogen (secondary N) is 1. The van der Waals surface area contributed by atoms with Gasteiger partial charge in [-0.15, -0.1) is 23.4 Å². The number of aromatic nitrogens is 4. The van der Waals surface area contributed by atoms with Gasteiger partial charge in [-0.25, -0.2) is 0 Å². The number of alkyl halides is 3. The van der Waals surface area contributed by atoms with E-state index in [2.05, 4.69) is 25.4 Å². The van der Waals surface area contributed by atoms with Crippen LogP contribution in [0.4, 0.5) is 18.9 Å². The van der Waals surface area contributed by atoms with Crippen LogP contribution in [0.15, 0.2) is 42.5 Å². The van der Waals surface area contributed by atoms with E-state index in [0.717, 1.165) is 5.56 Å². The second-order valence-electron chi connectivity index (χ2n) is 4.61. The van der Waals surface area contributed by atoms with E-state index in [-0.39, 0.29) is 5.75 Å². The van der Waals surface area contributed by atoms with Crippen molar-refractivity contribution in [1.82, 2.24) is 20.6 Å². The fourth-order valence-corrected chi connectivity index (χ4v) is 2.05. The van der Waals surface area contributed by atoms with Gasteiger partial charge in [0.2, 0.25) is 5.82 Å². The molecule has 0 fully saturated rings. The fourth-order valence-electron chi connectivity index (χ4n) is 2.05. The number of H-pyrrole nitrogens is 1. The average molecular weight is 321 g/mol. The van der Waals surface area contributed by atoms with Crippen LogP contribution in [-0.2, 0) is 0 Å². The highest BCUT2D eigenvalue weighted by Gasteiger charge is 2.30. The monoisotopic (exact) mass is 321 g/mol. The van der Waals surface area contributed by atoms with Gasteiger partial charge in [0.05, 0.1) is 0 Å². The lowest BCUT2D eigenvalue weighted by atomic mass is 10.0. The van der Waals surface area contributed by atoms with Crippen molar-refractivity contribution in [3.63, 3.8) is 0 Å². The molecule has 3 rings (SSSR count). The number of aromatic amines is 1. The molecule has 2 aromatic carbocycles. The Balaban J connectivity index is 1.92. The molecule has 0 saturated carbocycles. The Morgan fingerprint density at radius 3 is 2.30 bits per heavy atom. The molecule has 0 aliphatic rings. The van der Waals surface area contributed by atoms with Crippen molar-refractivity contribution in [1.29, 1.82) is 0 Å². The molecule has 0 radical (unpaired) electrons. The third-order valence-electron chi connectivity index (χ3n) is 3.06. The highest BCUT2D eigenvalue weighted by atomic mass is 19.4. The van der Waals surface area contributed by atoms with E-state index < -0.39 is 6.36 Å². The van der Waals surface area contributed by atoms with E-state index in [1.165, 1.54) is 24.3 Å². The second kappa shape index (κ2) is 5.59. The fraction of sp³-hybridized carbons (Fsp3) is 0.0714. The number of nitrogens with two attached hydrogens (primary N) is 1. The average Bonchev–Trinajstić information content (AvgIpc) is 3.01. The van der Waals surface area contributed by atoms with Crippen molar-refractivity contribution in [2.75, 3.05) is 5.73 Å². The molecule has 3 aromatic rings. The summed E-state index contributed by atoms with van der Waals surface area (Å²) in [6, 6.07) is 10.7. The van der Waals surface area contributed by atoms with Gasteiger partial charge in [0.25, 0.3) is 0 Å². The summed E-state index contributed by atoms with van der Waals surface area (Å²) in [6.45, 7) is 0. The first kappa shape index (κ1) is 14.8. The van der Waals surface area contributed by atoms with Crippen LogP contribution in [0.5, 0.6) is 5.75 Å². The third kappa shape index (κ3) is 3.39. The number of halogens is 3. The summed E-state index contributed by atoms with van der Waals surface area (Å²) in [7, 11) is 0. The summed E-state index contributed by atoms with van der Waals surface area (Å²) in [5.74, 6) is 0.0523. The summed E-state index contributed by atoms with van der Waals surface area (Å²) in [4.78, 5) is 0. The molecule has 0 atom stereocenters. The highest BCUT2D eigenvalue weighted by Crippen LogP contribution is 2.30. The minimum Gasteiger partial charge on any atom is -0.406 e. The van der Waals surface area contributed by atoms with Crippen molar-refractivity contribution >= 4 is 5.69 Å². The molecule has 118 valence electrons. The number of rotatable bonds is 3. The Hall–Kier alpha value is -3.10. The number of hydrogen-bond donors (Lipinski definition) is 2. The molecule has 0 bridgehead atoms. The highest BCUT2D eigenvalue weighted by molar-refractivity contribution is 5.78. The molecule has 6 nitrogen and oxygen atoms in total. The Bertz CT molecular complexity index is 800. The molecule has 0 spiro atoms. The Labute approximate surface area is 128 Å². The van der Waals surface area contributed by atoms with Gasteiger partial charge in [-0.2, -0.15) is 5.21 Å². The topological polar surface area (TPSA) is 89.7 Å². The van der Waals surface area contributed by atoms with Gasteiger partial charge in [-0.05, 0) is 40.6 Å². The van der Waals surface area contributed by atoms with Gasteiger partial charge < -0.3 is 10.5 Å². The predicted molar refractivity (Wildman–Crippen MR) is 76.1 cm³/mol. The molecular formula is C14H10F3N5O. The van der Waals surface area contributed by atoms with Crippen molar-refractivity contribution in [2.24, 2.45) is 0 Å². The minimum atomic E-state index is -4.71. The molecule has 0 amide bonds. The Kier molecular flexibility index (Phi) is 3.61. The number of anilines is 1.